The van der Waals surface area contributed by atoms with Gasteiger partial charge in [-0.05, 0) is 41.6 Å². The summed E-state index contributed by atoms with van der Waals surface area (Å²) in [7, 11) is 0. The van der Waals surface area contributed by atoms with E-state index in [1.165, 1.54) is 17.4 Å². The van der Waals surface area contributed by atoms with Crippen LogP contribution in [0.4, 0.5) is 8.78 Å². The van der Waals surface area contributed by atoms with Crippen LogP contribution in [0.25, 0.3) is 0 Å². The third-order valence-electron chi connectivity index (χ3n) is 2.62. The van der Waals surface area contributed by atoms with Gasteiger partial charge in [-0.2, -0.15) is 0 Å². The molecule has 1 N–H and O–H groups in total. The van der Waals surface area contributed by atoms with Crippen molar-refractivity contribution in [3.05, 3.63) is 57.3 Å². The Balaban J connectivity index is 2.16. The highest BCUT2D eigenvalue weighted by atomic mass is 32.1. The zero-order valence-electron chi connectivity index (χ0n) is 9.28. The summed E-state index contributed by atoms with van der Waals surface area (Å²) < 4.78 is 25.7. The van der Waals surface area contributed by atoms with Crippen LogP contribution < -0.4 is 0 Å². The zero-order valence-corrected chi connectivity index (χ0v) is 10.1. The summed E-state index contributed by atoms with van der Waals surface area (Å²) in [5, 5.41) is 11.9. The van der Waals surface area contributed by atoms with Gasteiger partial charge in [-0.3, -0.25) is 0 Å². The molecular formula is C13H12F2OS. The van der Waals surface area contributed by atoms with Gasteiger partial charge in [0.25, 0.3) is 0 Å². The zero-order chi connectivity index (χ0) is 12.4. The van der Waals surface area contributed by atoms with Crippen LogP contribution in [-0.2, 0) is 6.42 Å². The minimum absolute atomic E-state index is 0.290. The Morgan fingerprint density at radius 3 is 2.59 bits per heavy atom. The van der Waals surface area contributed by atoms with Crippen molar-refractivity contribution in [2.24, 2.45) is 0 Å². The molecule has 0 spiro atoms. The number of hydrogen-bond donors (Lipinski definition) is 1. The van der Waals surface area contributed by atoms with Crippen molar-refractivity contribution in [3.8, 4) is 0 Å². The lowest BCUT2D eigenvalue weighted by atomic mass is 10.0. The maximum atomic E-state index is 13.0. The quantitative estimate of drug-likeness (QED) is 0.887. The smallest absolute Gasteiger partial charge is 0.159 e. The van der Waals surface area contributed by atoms with E-state index in [0.717, 1.165) is 22.6 Å². The Hall–Kier alpha value is -1.26. The number of halogens is 2. The SMILES string of the molecule is Cc1ccsc1C(O)Cc1ccc(F)c(F)c1. The number of rotatable bonds is 3. The lowest BCUT2D eigenvalue weighted by Crippen LogP contribution is -2.02. The van der Waals surface area contributed by atoms with Gasteiger partial charge < -0.3 is 5.11 Å². The number of aliphatic hydroxyl groups excluding tert-OH is 1. The molecule has 0 amide bonds. The van der Waals surface area contributed by atoms with E-state index in [1.54, 1.807) is 0 Å². The third kappa shape index (κ3) is 2.70. The molecule has 2 rings (SSSR count). The monoisotopic (exact) mass is 254 g/mol. The number of benzene rings is 1. The van der Waals surface area contributed by atoms with Crippen LogP contribution in [0.1, 0.15) is 22.1 Å². The molecule has 1 heterocycles. The Morgan fingerprint density at radius 1 is 1.24 bits per heavy atom. The van der Waals surface area contributed by atoms with E-state index in [2.05, 4.69) is 0 Å². The second kappa shape index (κ2) is 4.94. The molecule has 1 aromatic heterocycles. The molecule has 17 heavy (non-hydrogen) atoms. The minimum Gasteiger partial charge on any atom is -0.387 e. The summed E-state index contributed by atoms with van der Waals surface area (Å²) in [6.07, 6.45) is -0.377. The number of thiophene rings is 1. The van der Waals surface area contributed by atoms with Crippen LogP contribution in [0.3, 0.4) is 0 Å². The molecule has 0 aliphatic heterocycles. The second-order valence-corrected chi connectivity index (χ2v) is 4.88. The molecule has 0 aliphatic carbocycles. The normalized spacial score (nSPS) is 12.7. The molecule has 2 aromatic rings. The van der Waals surface area contributed by atoms with Gasteiger partial charge in [0.1, 0.15) is 0 Å². The lowest BCUT2D eigenvalue weighted by molar-refractivity contribution is 0.181. The summed E-state index contributed by atoms with van der Waals surface area (Å²) in [4.78, 5) is 0.870. The summed E-state index contributed by atoms with van der Waals surface area (Å²) in [5.41, 5.74) is 1.61. The molecule has 0 bridgehead atoms. The topological polar surface area (TPSA) is 20.2 Å². The fourth-order valence-electron chi connectivity index (χ4n) is 1.71. The number of aliphatic hydroxyl groups is 1. The minimum atomic E-state index is -0.877. The van der Waals surface area contributed by atoms with Gasteiger partial charge in [0.15, 0.2) is 11.6 Å². The molecule has 90 valence electrons. The first-order valence-corrected chi connectivity index (χ1v) is 6.12. The van der Waals surface area contributed by atoms with Gasteiger partial charge in [-0.1, -0.05) is 6.07 Å². The highest BCUT2D eigenvalue weighted by Crippen LogP contribution is 2.26. The largest absolute Gasteiger partial charge is 0.387 e. The molecule has 4 heteroatoms. The second-order valence-electron chi connectivity index (χ2n) is 3.94. The first kappa shape index (κ1) is 12.2. The van der Waals surface area contributed by atoms with Gasteiger partial charge in [-0.15, -0.1) is 11.3 Å². The molecule has 1 aromatic carbocycles. The Bertz CT molecular complexity index is 522. The first-order chi connectivity index (χ1) is 8.08. The average molecular weight is 254 g/mol. The van der Waals surface area contributed by atoms with Crippen LogP contribution in [0.5, 0.6) is 0 Å². The van der Waals surface area contributed by atoms with Crippen molar-refractivity contribution >= 4 is 11.3 Å². The van der Waals surface area contributed by atoms with Crippen molar-refractivity contribution in [2.75, 3.05) is 0 Å². The maximum absolute atomic E-state index is 13.0. The number of aryl methyl sites for hydroxylation is 1. The predicted molar refractivity (Wildman–Crippen MR) is 64.1 cm³/mol. The molecular weight excluding hydrogens is 242 g/mol. The highest BCUT2D eigenvalue weighted by Gasteiger charge is 2.13. The summed E-state index contributed by atoms with van der Waals surface area (Å²) >= 11 is 1.47. The van der Waals surface area contributed by atoms with Crippen molar-refractivity contribution in [2.45, 2.75) is 19.4 Å². The molecule has 1 nitrogen and oxygen atoms in total. The van der Waals surface area contributed by atoms with Crippen molar-refractivity contribution in [1.82, 2.24) is 0 Å². The average Bonchev–Trinajstić information content (AvgIpc) is 2.70. The van der Waals surface area contributed by atoms with Gasteiger partial charge in [-0.25, -0.2) is 8.78 Å². The third-order valence-corrected chi connectivity index (χ3v) is 3.74. The van der Waals surface area contributed by atoms with Crippen LogP contribution in [0, 0.1) is 18.6 Å². The molecule has 1 unspecified atom stereocenters. The first-order valence-electron chi connectivity index (χ1n) is 5.24. The van der Waals surface area contributed by atoms with Crippen molar-refractivity contribution in [3.63, 3.8) is 0 Å². The predicted octanol–water partition coefficient (Wildman–Crippen LogP) is 3.61. The van der Waals surface area contributed by atoms with Gasteiger partial charge in [0.05, 0.1) is 6.10 Å². The lowest BCUT2D eigenvalue weighted by Gasteiger charge is -2.10. The fourth-order valence-corrected chi connectivity index (χ4v) is 2.62. The van der Waals surface area contributed by atoms with E-state index >= 15 is 0 Å². The highest BCUT2D eigenvalue weighted by molar-refractivity contribution is 7.10. The van der Waals surface area contributed by atoms with Gasteiger partial charge >= 0.3 is 0 Å². The molecule has 0 aliphatic rings. The fraction of sp³-hybridized carbons (Fsp3) is 0.231. The standard InChI is InChI=1S/C13H12F2OS/c1-8-4-5-17-13(8)12(16)7-9-2-3-10(14)11(15)6-9/h2-6,12,16H,7H2,1H3. The van der Waals surface area contributed by atoms with Gasteiger partial charge in [0, 0.05) is 11.3 Å². The summed E-state index contributed by atoms with van der Waals surface area (Å²) in [5.74, 6) is -1.74. The van der Waals surface area contributed by atoms with Crippen LogP contribution in [-0.4, -0.2) is 5.11 Å². The maximum Gasteiger partial charge on any atom is 0.159 e. The van der Waals surface area contributed by atoms with Crippen LogP contribution >= 0.6 is 11.3 Å². The van der Waals surface area contributed by atoms with E-state index in [9.17, 15) is 13.9 Å². The summed E-state index contributed by atoms with van der Waals surface area (Å²) in [6.45, 7) is 1.92. The molecule has 0 saturated heterocycles. The van der Waals surface area contributed by atoms with Crippen LogP contribution in [0.15, 0.2) is 29.6 Å². The van der Waals surface area contributed by atoms with E-state index in [4.69, 9.17) is 0 Å². The molecule has 0 radical (unpaired) electrons. The van der Waals surface area contributed by atoms with E-state index in [-0.39, 0.29) is 0 Å². The van der Waals surface area contributed by atoms with E-state index in [0.29, 0.717) is 12.0 Å². The Morgan fingerprint density at radius 2 is 2.00 bits per heavy atom. The molecule has 0 fully saturated rings. The van der Waals surface area contributed by atoms with E-state index < -0.39 is 17.7 Å². The Kier molecular flexibility index (Phi) is 3.54. The van der Waals surface area contributed by atoms with Crippen molar-refractivity contribution < 1.29 is 13.9 Å². The van der Waals surface area contributed by atoms with E-state index in [1.807, 2.05) is 18.4 Å². The number of hydrogen-bond acceptors (Lipinski definition) is 2. The van der Waals surface area contributed by atoms with Crippen molar-refractivity contribution in [1.29, 1.82) is 0 Å². The molecule has 0 saturated carbocycles. The summed E-state index contributed by atoms with van der Waals surface area (Å²) in [6, 6.07) is 5.62. The van der Waals surface area contributed by atoms with Crippen LogP contribution in [0.2, 0.25) is 0 Å². The van der Waals surface area contributed by atoms with Gasteiger partial charge in [0.2, 0.25) is 0 Å². The molecule has 1 atom stereocenters. The Labute approximate surface area is 102 Å².